The van der Waals surface area contributed by atoms with Crippen LogP contribution in [0, 0.1) is 24.3 Å². The molecule has 0 radical (unpaired) electrons. The van der Waals surface area contributed by atoms with Gasteiger partial charge in [0.25, 0.3) is 0 Å². The van der Waals surface area contributed by atoms with Gasteiger partial charge in [0.05, 0.1) is 6.10 Å². The van der Waals surface area contributed by atoms with Crippen LogP contribution in [0.1, 0.15) is 33.9 Å². The van der Waals surface area contributed by atoms with Crippen molar-refractivity contribution in [3.05, 3.63) is 67.8 Å². The van der Waals surface area contributed by atoms with Gasteiger partial charge in [0, 0.05) is 9.99 Å². The zero-order chi connectivity index (χ0) is 14.0. The smallest absolute Gasteiger partial charge is 0.0840 e. The first-order valence-electron chi connectivity index (χ1n) is 6.48. The minimum absolute atomic E-state index is 0.437. The number of benzene rings is 2. The van der Waals surface area contributed by atoms with Crippen molar-refractivity contribution < 1.29 is 5.11 Å². The Morgan fingerprint density at radius 1 is 1.05 bits per heavy atom. The third kappa shape index (κ3) is 3.37. The lowest BCUT2D eigenvalue weighted by atomic mass is 9.93. The largest absolute Gasteiger partial charge is 0.388 e. The van der Waals surface area contributed by atoms with E-state index in [0.717, 1.165) is 9.13 Å². The molecule has 1 N–H and O–H groups in total. The van der Waals surface area contributed by atoms with E-state index in [4.69, 9.17) is 0 Å². The van der Waals surface area contributed by atoms with Gasteiger partial charge < -0.3 is 5.11 Å². The molecule has 0 aliphatic carbocycles. The molecule has 0 aromatic heterocycles. The summed E-state index contributed by atoms with van der Waals surface area (Å²) in [4.78, 5) is 0. The second-order valence-electron chi connectivity index (χ2n) is 5.12. The molecule has 1 nitrogen and oxygen atoms in total. The molecule has 100 valence electrons. The van der Waals surface area contributed by atoms with Crippen LogP contribution in [0.5, 0.6) is 0 Å². The summed E-state index contributed by atoms with van der Waals surface area (Å²) < 4.78 is 1.12. The first kappa shape index (κ1) is 14.5. The second-order valence-corrected chi connectivity index (χ2v) is 6.28. The van der Waals surface area contributed by atoms with Crippen molar-refractivity contribution in [2.24, 2.45) is 0 Å². The number of aliphatic hydroxyl groups excluding tert-OH is 1. The van der Waals surface area contributed by atoms with Crippen LogP contribution in [-0.2, 0) is 6.42 Å². The topological polar surface area (TPSA) is 20.2 Å². The number of halogens is 1. The maximum absolute atomic E-state index is 10.5. The van der Waals surface area contributed by atoms with Crippen molar-refractivity contribution in [3.8, 4) is 0 Å². The zero-order valence-electron chi connectivity index (χ0n) is 11.6. The van der Waals surface area contributed by atoms with Gasteiger partial charge in [0.1, 0.15) is 0 Å². The Kier molecular flexibility index (Phi) is 4.63. The third-order valence-electron chi connectivity index (χ3n) is 3.50. The quantitative estimate of drug-likeness (QED) is 0.794. The summed E-state index contributed by atoms with van der Waals surface area (Å²) in [7, 11) is 0. The van der Waals surface area contributed by atoms with Gasteiger partial charge in [0.2, 0.25) is 0 Å². The maximum Gasteiger partial charge on any atom is 0.0840 e. The average molecular weight is 366 g/mol. The Morgan fingerprint density at radius 3 is 2.21 bits per heavy atom. The summed E-state index contributed by atoms with van der Waals surface area (Å²) in [5.41, 5.74) is 6.09. The summed E-state index contributed by atoms with van der Waals surface area (Å²) >= 11 is 2.28. The van der Waals surface area contributed by atoms with Gasteiger partial charge in [-0.3, -0.25) is 0 Å². The van der Waals surface area contributed by atoms with Crippen molar-refractivity contribution >= 4 is 22.6 Å². The summed E-state index contributed by atoms with van der Waals surface area (Å²) in [6, 6.07) is 12.4. The Morgan fingerprint density at radius 2 is 1.63 bits per heavy atom. The van der Waals surface area contributed by atoms with Crippen LogP contribution < -0.4 is 0 Å². The molecule has 1 atom stereocenters. The molecule has 2 aromatic rings. The highest BCUT2D eigenvalue weighted by molar-refractivity contribution is 14.1. The molecule has 2 aromatic carbocycles. The van der Waals surface area contributed by atoms with Crippen molar-refractivity contribution in [2.75, 3.05) is 0 Å². The fourth-order valence-corrected chi connectivity index (χ4v) is 3.33. The molecule has 0 amide bonds. The number of hydrogen-bond donors (Lipinski definition) is 1. The van der Waals surface area contributed by atoms with Gasteiger partial charge in [-0.1, -0.05) is 35.9 Å². The van der Waals surface area contributed by atoms with E-state index in [1.165, 1.54) is 22.3 Å². The van der Waals surface area contributed by atoms with Gasteiger partial charge in [-0.05, 0) is 71.7 Å². The summed E-state index contributed by atoms with van der Waals surface area (Å²) in [6.07, 6.45) is 0.242. The molecule has 0 saturated heterocycles. The molecule has 0 aliphatic heterocycles. The van der Waals surface area contributed by atoms with Gasteiger partial charge >= 0.3 is 0 Å². The van der Waals surface area contributed by atoms with E-state index in [2.05, 4.69) is 55.5 Å². The van der Waals surface area contributed by atoms with Crippen molar-refractivity contribution in [3.63, 3.8) is 0 Å². The van der Waals surface area contributed by atoms with E-state index in [1.54, 1.807) is 0 Å². The fourth-order valence-electron chi connectivity index (χ4n) is 2.58. The fraction of sp³-hybridized carbons (Fsp3) is 0.294. The van der Waals surface area contributed by atoms with Crippen LogP contribution in [0.15, 0.2) is 36.4 Å². The van der Waals surface area contributed by atoms with E-state index in [-0.39, 0.29) is 0 Å². The highest BCUT2D eigenvalue weighted by Crippen LogP contribution is 2.26. The van der Waals surface area contributed by atoms with Crippen LogP contribution in [0.2, 0.25) is 0 Å². The van der Waals surface area contributed by atoms with Crippen LogP contribution in [0.25, 0.3) is 0 Å². The van der Waals surface area contributed by atoms with Crippen LogP contribution >= 0.6 is 22.6 Å². The molecule has 0 saturated carbocycles. The number of hydrogen-bond acceptors (Lipinski definition) is 1. The van der Waals surface area contributed by atoms with Crippen LogP contribution in [0.3, 0.4) is 0 Å². The van der Waals surface area contributed by atoms with Crippen LogP contribution in [-0.4, -0.2) is 5.11 Å². The average Bonchev–Trinajstić information content (AvgIpc) is 2.34. The van der Waals surface area contributed by atoms with Gasteiger partial charge in [-0.2, -0.15) is 0 Å². The predicted octanol–water partition coefficient (Wildman–Crippen LogP) is 4.49. The Hall–Kier alpha value is -0.870. The highest BCUT2D eigenvalue weighted by atomic mass is 127. The number of aliphatic hydroxyl groups is 1. The molecule has 0 bridgehead atoms. The monoisotopic (exact) mass is 366 g/mol. The van der Waals surface area contributed by atoms with Crippen molar-refractivity contribution in [1.29, 1.82) is 0 Å². The second kappa shape index (κ2) is 6.06. The summed E-state index contributed by atoms with van der Waals surface area (Å²) in [6.45, 7) is 6.36. The molecular weight excluding hydrogens is 347 g/mol. The van der Waals surface area contributed by atoms with Crippen molar-refractivity contribution in [2.45, 2.75) is 33.3 Å². The highest BCUT2D eigenvalue weighted by Gasteiger charge is 2.14. The number of rotatable bonds is 3. The van der Waals surface area contributed by atoms with Crippen molar-refractivity contribution in [1.82, 2.24) is 0 Å². The molecule has 19 heavy (non-hydrogen) atoms. The zero-order valence-corrected chi connectivity index (χ0v) is 13.7. The lowest BCUT2D eigenvalue weighted by molar-refractivity contribution is 0.177. The Labute approximate surface area is 128 Å². The molecule has 2 rings (SSSR count). The van der Waals surface area contributed by atoms with Gasteiger partial charge in [0.15, 0.2) is 0 Å². The lowest BCUT2D eigenvalue weighted by Gasteiger charge is -2.17. The van der Waals surface area contributed by atoms with Gasteiger partial charge in [-0.15, -0.1) is 0 Å². The normalized spacial score (nSPS) is 12.5. The van der Waals surface area contributed by atoms with E-state index in [1.807, 2.05) is 24.3 Å². The van der Waals surface area contributed by atoms with Crippen LogP contribution in [0.4, 0.5) is 0 Å². The Balaban J connectivity index is 2.29. The predicted molar refractivity (Wildman–Crippen MR) is 88.5 cm³/mol. The lowest BCUT2D eigenvalue weighted by Crippen LogP contribution is -2.06. The first-order valence-corrected chi connectivity index (χ1v) is 7.56. The van der Waals surface area contributed by atoms with E-state index in [0.29, 0.717) is 6.42 Å². The Bertz CT molecular complexity index is 567. The summed E-state index contributed by atoms with van der Waals surface area (Å²) in [5, 5.41) is 10.5. The van der Waals surface area contributed by atoms with E-state index < -0.39 is 6.10 Å². The van der Waals surface area contributed by atoms with E-state index >= 15 is 0 Å². The molecule has 1 unspecified atom stereocenters. The minimum atomic E-state index is -0.437. The molecule has 0 spiro atoms. The van der Waals surface area contributed by atoms with E-state index in [9.17, 15) is 5.11 Å². The van der Waals surface area contributed by atoms with Gasteiger partial charge in [-0.25, -0.2) is 0 Å². The minimum Gasteiger partial charge on any atom is -0.388 e. The SMILES string of the molecule is Cc1cc(C)c(CC(O)c2ccccc2I)c(C)c1. The molecule has 0 fully saturated rings. The third-order valence-corrected chi connectivity index (χ3v) is 4.48. The first-order chi connectivity index (χ1) is 8.99. The summed E-state index contributed by atoms with van der Waals surface area (Å²) in [5.74, 6) is 0. The standard InChI is InChI=1S/C17H19IO/c1-11-8-12(2)15(13(3)9-11)10-17(19)14-6-4-5-7-16(14)18/h4-9,17,19H,10H2,1-3H3. The molecular formula is C17H19IO. The molecule has 0 aliphatic rings. The maximum atomic E-state index is 10.5. The number of aryl methyl sites for hydroxylation is 3. The molecule has 0 heterocycles. The molecule has 2 heteroatoms.